The molecule has 0 aliphatic heterocycles. The Balaban J connectivity index is 1.61. The largest absolute Gasteiger partial charge is 0.381 e. The number of hydrogen-bond acceptors (Lipinski definition) is 4. The highest BCUT2D eigenvalue weighted by molar-refractivity contribution is 6.35. The summed E-state index contributed by atoms with van der Waals surface area (Å²) in [6.45, 7) is 1.21. The summed E-state index contributed by atoms with van der Waals surface area (Å²) in [4.78, 5) is 11.8. The molecule has 0 bridgehead atoms. The van der Waals surface area contributed by atoms with Crippen LogP contribution in [0.3, 0.4) is 0 Å². The summed E-state index contributed by atoms with van der Waals surface area (Å²) in [6.07, 6.45) is 7.36. The normalized spacial score (nSPS) is 16.2. The number of ether oxygens (including phenoxy) is 1. The zero-order valence-corrected chi connectivity index (χ0v) is 12.2. The number of nitrogen functional groups attached to an aromatic ring is 1. The molecule has 1 aromatic heterocycles. The van der Waals surface area contributed by atoms with E-state index in [-0.39, 0.29) is 22.4 Å². The molecule has 0 atom stereocenters. The van der Waals surface area contributed by atoms with Crippen molar-refractivity contribution < 1.29 is 9.53 Å². The zero-order valence-electron chi connectivity index (χ0n) is 11.5. The number of H-pyrrole nitrogens is 1. The Hall–Kier alpha value is -1.27. The maximum atomic E-state index is 11.8. The van der Waals surface area contributed by atoms with Crippen LogP contribution in [0.5, 0.6) is 0 Å². The summed E-state index contributed by atoms with van der Waals surface area (Å²) in [6, 6.07) is 0. The van der Waals surface area contributed by atoms with E-state index in [1.54, 1.807) is 0 Å². The van der Waals surface area contributed by atoms with E-state index in [2.05, 4.69) is 15.5 Å². The maximum Gasteiger partial charge on any atom is 0.270 e. The Labute approximate surface area is 123 Å². The first kappa shape index (κ1) is 15.1. The van der Waals surface area contributed by atoms with Crippen LogP contribution in [0.2, 0.25) is 5.02 Å². The third-order valence-electron chi connectivity index (χ3n) is 3.47. The average molecular weight is 301 g/mol. The second kappa shape index (κ2) is 7.50. The standard InChI is InChI=1S/C13H21ClN4O2/c14-10-11(17-18-12(10)15)13(19)16-7-4-8-20-9-5-2-1-3-6-9/h9H,1-8H2,(H,16,19)(H3,15,17,18). The highest BCUT2D eigenvalue weighted by atomic mass is 35.5. The minimum Gasteiger partial charge on any atom is -0.381 e. The van der Waals surface area contributed by atoms with Crippen molar-refractivity contribution in [2.24, 2.45) is 0 Å². The SMILES string of the molecule is Nc1n[nH]c(C(=O)NCCCOC2CCCCC2)c1Cl. The number of rotatable bonds is 6. The van der Waals surface area contributed by atoms with Crippen LogP contribution < -0.4 is 11.1 Å². The molecule has 112 valence electrons. The van der Waals surface area contributed by atoms with E-state index in [1.165, 1.54) is 19.3 Å². The van der Waals surface area contributed by atoms with E-state index in [4.69, 9.17) is 22.1 Å². The first-order chi connectivity index (χ1) is 9.68. The molecule has 0 unspecified atom stereocenters. The number of nitrogens with one attached hydrogen (secondary N) is 2. The summed E-state index contributed by atoms with van der Waals surface area (Å²) >= 11 is 5.84. The lowest BCUT2D eigenvalue weighted by atomic mass is 9.98. The smallest absolute Gasteiger partial charge is 0.270 e. The van der Waals surface area contributed by atoms with Gasteiger partial charge in [-0.25, -0.2) is 0 Å². The Morgan fingerprint density at radius 1 is 1.45 bits per heavy atom. The second-order valence-electron chi connectivity index (χ2n) is 5.04. The maximum absolute atomic E-state index is 11.8. The number of nitrogens with zero attached hydrogens (tertiary/aromatic N) is 1. The third kappa shape index (κ3) is 4.11. The quantitative estimate of drug-likeness (QED) is 0.702. The summed E-state index contributed by atoms with van der Waals surface area (Å²) in [5.74, 6) is -0.158. The van der Waals surface area contributed by atoms with Gasteiger partial charge in [0.25, 0.3) is 5.91 Å². The van der Waals surface area contributed by atoms with Crippen LogP contribution in [0.1, 0.15) is 49.0 Å². The molecular formula is C13H21ClN4O2. The van der Waals surface area contributed by atoms with Crippen molar-refractivity contribution in [1.82, 2.24) is 15.5 Å². The molecule has 0 aromatic carbocycles. The molecule has 0 radical (unpaired) electrons. The van der Waals surface area contributed by atoms with E-state index in [0.29, 0.717) is 19.3 Å². The van der Waals surface area contributed by atoms with Crippen LogP contribution >= 0.6 is 11.6 Å². The lowest BCUT2D eigenvalue weighted by molar-refractivity contribution is 0.0273. The predicted molar refractivity (Wildman–Crippen MR) is 77.8 cm³/mol. The molecule has 1 heterocycles. The van der Waals surface area contributed by atoms with Gasteiger partial charge in [0.15, 0.2) is 5.82 Å². The molecule has 1 fully saturated rings. The topological polar surface area (TPSA) is 93.0 Å². The summed E-state index contributed by atoms with van der Waals surface area (Å²) in [5, 5.41) is 9.12. The van der Waals surface area contributed by atoms with E-state index < -0.39 is 0 Å². The van der Waals surface area contributed by atoms with Crippen LogP contribution in [0.4, 0.5) is 5.82 Å². The molecule has 20 heavy (non-hydrogen) atoms. The first-order valence-corrected chi connectivity index (χ1v) is 7.45. The van der Waals surface area contributed by atoms with Gasteiger partial charge in [0.05, 0.1) is 6.10 Å². The zero-order chi connectivity index (χ0) is 14.4. The van der Waals surface area contributed by atoms with Gasteiger partial charge in [0.1, 0.15) is 10.7 Å². The van der Waals surface area contributed by atoms with Gasteiger partial charge >= 0.3 is 0 Å². The van der Waals surface area contributed by atoms with Crippen molar-refractivity contribution in [3.05, 3.63) is 10.7 Å². The van der Waals surface area contributed by atoms with Crippen LogP contribution in [-0.2, 0) is 4.74 Å². The number of hydrogen-bond donors (Lipinski definition) is 3. The number of carbonyl (C=O) groups excluding carboxylic acids is 1. The van der Waals surface area contributed by atoms with Gasteiger partial charge < -0.3 is 15.8 Å². The van der Waals surface area contributed by atoms with Gasteiger partial charge in [0.2, 0.25) is 0 Å². The molecule has 1 saturated carbocycles. The summed E-state index contributed by atoms with van der Waals surface area (Å²) in [5.41, 5.74) is 5.67. The fourth-order valence-electron chi connectivity index (χ4n) is 2.34. The third-order valence-corrected chi connectivity index (χ3v) is 3.85. The monoisotopic (exact) mass is 300 g/mol. The molecule has 0 spiro atoms. The van der Waals surface area contributed by atoms with Crippen LogP contribution in [-0.4, -0.2) is 35.4 Å². The summed E-state index contributed by atoms with van der Waals surface area (Å²) in [7, 11) is 0. The Morgan fingerprint density at radius 2 is 2.20 bits per heavy atom. The fourth-order valence-corrected chi connectivity index (χ4v) is 2.51. The molecule has 1 aromatic rings. The number of aromatic amines is 1. The number of aromatic nitrogens is 2. The molecule has 1 amide bonds. The van der Waals surface area contributed by atoms with Crippen molar-refractivity contribution in [3.63, 3.8) is 0 Å². The number of nitrogens with two attached hydrogens (primary N) is 1. The average Bonchev–Trinajstić information content (AvgIpc) is 2.80. The molecule has 7 heteroatoms. The minimum absolute atomic E-state index is 0.137. The van der Waals surface area contributed by atoms with Gasteiger partial charge in [-0.05, 0) is 19.3 Å². The van der Waals surface area contributed by atoms with Crippen molar-refractivity contribution >= 4 is 23.3 Å². The Bertz CT molecular complexity index is 444. The van der Waals surface area contributed by atoms with E-state index >= 15 is 0 Å². The van der Waals surface area contributed by atoms with Gasteiger partial charge in [-0.1, -0.05) is 30.9 Å². The van der Waals surface area contributed by atoms with Crippen LogP contribution in [0, 0.1) is 0 Å². The van der Waals surface area contributed by atoms with Crippen LogP contribution in [0.25, 0.3) is 0 Å². The van der Waals surface area contributed by atoms with Gasteiger partial charge in [-0.2, -0.15) is 5.10 Å². The number of amides is 1. The van der Waals surface area contributed by atoms with E-state index in [9.17, 15) is 4.79 Å². The van der Waals surface area contributed by atoms with Gasteiger partial charge in [0, 0.05) is 13.2 Å². The molecule has 6 nitrogen and oxygen atoms in total. The predicted octanol–water partition coefficient (Wildman–Crippen LogP) is 2.11. The molecule has 4 N–H and O–H groups in total. The Morgan fingerprint density at radius 3 is 2.85 bits per heavy atom. The lowest BCUT2D eigenvalue weighted by Crippen LogP contribution is -2.26. The van der Waals surface area contributed by atoms with Crippen molar-refractivity contribution in [2.75, 3.05) is 18.9 Å². The van der Waals surface area contributed by atoms with Gasteiger partial charge in [-0.15, -0.1) is 0 Å². The number of carbonyl (C=O) groups is 1. The molecule has 1 aliphatic rings. The highest BCUT2D eigenvalue weighted by Gasteiger charge is 2.16. The number of halogens is 1. The van der Waals surface area contributed by atoms with E-state index in [1.807, 2.05) is 0 Å². The second-order valence-corrected chi connectivity index (χ2v) is 5.42. The minimum atomic E-state index is -0.295. The lowest BCUT2D eigenvalue weighted by Gasteiger charge is -2.21. The molecule has 1 aliphatic carbocycles. The van der Waals surface area contributed by atoms with Crippen molar-refractivity contribution in [3.8, 4) is 0 Å². The number of anilines is 1. The summed E-state index contributed by atoms with van der Waals surface area (Å²) < 4.78 is 5.78. The first-order valence-electron chi connectivity index (χ1n) is 7.07. The Kier molecular flexibility index (Phi) is 5.67. The van der Waals surface area contributed by atoms with Crippen molar-refractivity contribution in [2.45, 2.75) is 44.6 Å². The van der Waals surface area contributed by atoms with Crippen molar-refractivity contribution in [1.29, 1.82) is 0 Å². The molecule has 0 saturated heterocycles. The molecule has 2 rings (SSSR count). The van der Waals surface area contributed by atoms with Crippen LogP contribution in [0.15, 0.2) is 0 Å². The van der Waals surface area contributed by atoms with E-state index in [0.717, 1.165) is 19.3 Å². The fraction of sp³-hybridized carbons (Fsp3) is 0.692. The van der Waals surface area contributed by atoms with Gasteiger partial charge in [-0.3, -0.25) is 9.89 Å². The molecular weight excluding hydrogens is 280 g/mol. The highest BCUT2D eigenvalue weighted by Crippen LogP contribution is 2.20.